The normalized spacial score (nSPS) is 11.9. The molecule has 0 fully saturated rings. The topological polar surface area (TPSA) is 70.6 Å². The Labute approximate surface area is 157 Å². The molecule has 0 aromatic heterocycles. The van der Waals surface area contributed by atoms with Gasteiger partial charge in [0.05, 0.1) is 10.6 Å². The van der Waals surface area contributed by atoms with Crippen molar-refractivity contribution in [2.45, 2.75) is 32.1 Å². The molecule has 0 bridgehead atoms. The maximum atomic E-state index is 12.1. The number of benzene rings is 1. The Hall–Kier alpha value is -0.830. The average Bonchev–Trinajstić information content (AvgIpc) is 2.49. The third-order valence-corrected chi connectivity index (χ3v) is 4.76. The van der Waals surface area contributed by atoms with Crippen molar-refractivity contribution in [3.05, 3.63) is 30.3 Å². The van der Waals surface area contributed by atoms with Crippen LogP contribution in [0.1, 0.15) is 27.2 Å². The molecule has 0 amide bonds. The van der Waals surface area contributed by atoms with Gasteiger partial charge in [0.2, 0.25) is 0 Å². The Morgan fingerprint density at radius 1 is 1.17 bits per heavy atom. The highest BCUT2D eigenvalue weighted by atomic mass is 127. The number of rotatable bonds is 8. The zero-order chi connectivity index (χ0) is 16.4. The van der Waals surface area contributed by atoms with E-state index in [2.05, 4.69) is 29.5 Å². The van der Waals surface area contributed by atoms with E-state index in [0.717, 1.165) is 19.0 Å². The second kappa shape index (κ2) is 11.7. The van der Waals surface area contributed by atoms with E-state index in [0.29, 0.717) is 23.8 Å². The number of sulfone groups is 1. The van der Waals surface area contributed by atoms with Gasteiger partial charge >= 0.3 is 0 Å². The molecule has 7 heteroatoms. The second-order valence-electron chi connectivity index (χ2n) is 5.53. The molecular weight excluding hydrogens is 425 g/mol. The van der Waals surface area contributed by atoms with E-state index in [4.69, 9.17) is 0 Å². The van der Waals surface area contributed by atoms with E-state index < -0.39 is 9.84 Å². The largest absolute Gasteiger partial charge is 0.357 e. The third-order valence-electron chi connectivity index (χ3n) is 2.94. The molecule has 0 aliphatic carbocycles. The Bertz CT molecular complexity index is 560. The van der Waals surface area contributed by atoms with E-state index in [1.165, 1.54) is 0 Å². The number of nitrogens with zero attached hydrogens (tertiary/aromatic N) is 1. The molecule has 0 heterocycles. The van der Waals surface area contributed by atoms with E-state index >= 15 is 0 Å². The third kappa shape index (κ3) is 9.14. The molecule has 1 rings (SSSR count). The van der Waals surface area contributed by atoms with Crippen molar-refractivity contribution >= 4 is 39.8 Å². The van der Waals surface area contributed by atoms with Crippen molar-refractivity contribution in [1.29, 1.82) is 0 Å². The van der Waals surface area contributed by atoms with E-state index in [9.17, 15) is 8.42 Å². The van der Waals surface area contributed by atoms with Crippen LogP contribution in [0.2, 0.25) is 0 Å². The summed E-state index contributed by atoms with van der Waals surface area (Å²) in [6.07, 6.45) is 0.545. The van der Waals surface area contributed by atoms with Gasteiger partial charge in [0.1, 0.15) is 0 Å². The van der Waals surface area contributed by atoms with Crippen molar-refractivity contribution < 1.29 is 8.42 Å². The van der Waals surface area contributed by atoms with Gasteiger partial charge in [0, 0.05) is 19.6 Å². The van der Waals surface area contributed by atoms with Crippen LogP contribution >= 0.6 is 24.0 Å². The Kier molecular flexibility index (Phi) is 11.2. The van der Waals surface area contributed by atoms with Crippen LogP contribution in [0.5, 0.6) is 0 Å². The summed E-state index contributed by atoms with van der Waals surface area (Å²) in [6.45, 7) is 8.34. The van der Waals surface area contributed by atoms with Crippen LogP contribution in [0.4, 0.5) is 0 Å². The lowest BCUT2D eigenvalue weighted by atomic mass is 10.2. The fourth-order valence-corrected chi connectivity index (χ4v) is 3.16. The van der Waals surface area contributed by atoms with Crippen molar-refractivity contribution in [3.63, 3.8) is 0 Å². The number of hydrogen-bond acceptors (Lipinski definition) is 3. The van der Waals surface area contributed by atoms with E-state index in [1.807, 2.05) is 13.0 Å². The quantitative estimate of drug-likeness (QED) is 0.275. The minimum atomic E-state index is -3.20. The molecule has 132 valence electrons. The van der Waals surface area contributed by atoms with Crippen molar-refractivity contribution in [3.8, 4) is 0 Å². The first-order valence-corrected chi connectivity index (χ1v) is 9.41. The average molecular weight is 453 g/mol. The molecule has 0 saturated heterocycles. The van der Waals surface area contributed by atoms with Gasteiger partial charge in [-0.1, -0.05) is 32.0 Å². The Morgan fingerprint density at radius 2 is 1.83 bits per heavy atom. The van der Waals surface area contributed by atoms with Crippen LogP contribution in [-0.2, 0) is 9.84 Å². The van der Waals surface area contributed by atoms with Crippen LogP contribution in [-0.4, -0.2) is 39.8 Å². The van der Waals surface area contributed by atoms with Gasteiger partial charge in [-0.2, -0.15) is 0 Å². The lowest BCUT2D eigenvalue weighted by Gasteiger charge is -2.12. The molecular formula is C16H28IN3O2S. The summed E-state index contributed by atoms with van der Waals surface area (Å²) < 4.78 is 24.3. The monoisotopic (exact) mass is 453 g/mol. The molecule has 0 radical (unpaired) electrons. The zero-order valence-corrected chi connectivity index (χ0v) is 17.2. The van der Waals surface area contributed by atoms with Crippen molar-refractivity contribution in [2.24, 2.45) is 10.9 Å². The molecule has 0 aliphatic heterocycles. The number of aliphatic imine (C=N–C) groups is 1. The van der Waals surface area contributed by atoms with Gasteiger partial charge < -0.3 is 10.6 Å². The SMILES string of the molecule is CCNC(=NCC(C)C)NCCCS(=O)(=O)c1ccccc1.I. The first-order chi connectivity index (χ1) is 10.5. The number of nitrogens with one attached hydrogen (secondary N) is 2. The lowest BCUT2D eigenvalue weighted by Crippen LogP contribution is -2.38. The summed E-state index contributed by atoms with van der Waals surface area (Å²) in [5.41, 5.74) is 0. The summed E-state index contributed by atoms with van der Waals surface area (Å²) >= 11 is 0. The van der Waals surface area contributed by atoms with Gasteiger partial charge in [0.15, 0.2) is 15.8 Å². The highest BCUT2D eigenvalue weighted by Gasteiger charge is 2.13. The molecule has 5 nitrogen and oxygen atoms in total. The molecule has 2 N–H and O–H groups in total. The summed E-state index contributed by atoms with van der Waals surface area (Å²) in [5, 5.41) is 6.33. The Balaban J connectivity index is 0.00000484. The molecule has 1 aromatic carbocycles. The predicted molar refractivity (Wildman–Crippen MR) is 107 cm³/mol. The molecule has 0 aliphatic rings. The Morgan fingerprint density at radius 3 is 2.39 bits per heavy atom. The fraction of sp³-hybridized carbons (Fsp3) is 0.562. The maximum absolute atomic E-state index is 12.1. The van der Waals surface area contributed by atoms with Crippen LogP contribution in [0.15, 0.2) is 40.2 Å². The number of hydrogen-bond donors (Lipinski definition) is 2. The summed E-state index contributed by atoms with van der Waals surface area (Å²) in [6, 6.07) is 8.57. The standard InChI is InChI=1S/C16H27N3O2S.HI/c1-4-17-16(19-13-14(2)3)18-11-8-12-22(20,21)15-9-6-5-7-10-15;/h5-7,9-10,14H,4,8,11-13H2,1-3H3,(H2,17,18,19);1H. The fourth-order valence-electron chi connectivity index (χ4n) is 1.83. The lowest BCUT2D eigenvalue weighted by molar-refractivity contribution is 0.592. The summed E-state index contributed by atoms with van der Waals surface area (Å²) in [7, 11) is -3.20. The molecule has 0 saturated carbocycles. The first kappa shape index (κ1) is 22.2. The van der Waals surface area contributed by atoms with Crippen molar-refractivity contribution in [2.75, 3.05) is 25.4 Å². The number of guanidine groups is 1. The van der Waals surface area contributed by atoms with E-state index in [1.54, 1.807) is 24.3 Å². The molecule has 1 aromatic rings. The summed E-state index contributed by atoms with van der Waals surface area (Å²) in [5.74, 6) is 1.37. The minimum absolute atomic E-state index is 0. The van der Waals surface area contributed by atoms with Crippen LogP contribution in [0.25, 0.3) is 0 Å². The van der Waals surface area contributed by atoms with Gasteiger partial charge in [-0.25, -0.2) is 8.42 Å². The number of halogens is 1. The van der Waals surface area contributed by atoms with Crippen LogP contribution in [0.3, 0.4) is 0 Å². The van der Waals surface area contributed by atoms with Crippen LogP contribution in [0, 0.1) is 5.92 Å². The van der Waals surface area contributed by atoms with Gasteiger partial charge in [-0.3, -0.25) is 4.99 Å². The molecule has 0 atom stereocenters. The highest BCUT2D eigenvalue weighted by Crippen LogP contribution is 2.10. The van der Waals surface area contributed by atoms with E-state index in [-0.39, 0.29) is 29.7 Å². The molecule has 0 unspecified atom stereocenters. The maximum Gasteiger partial charge on any atom is 0.191 e. The van der Waals surface area contributed by atoms with Gasteiger partial charge in [-0.05, 0) is 31.4 Å². The minimum Gasteiger partial charge on any atom is -0.357 e. The molecule has 23 heavy (non-hydrogen) atoms. The smallest absolute Gasteiger partial charge is 0.191 e. The van der Waals surface area contributed by atoms with Gasteiger partial charge in [-0.15, -0.1) is 24.0 Å². The zero-order valence-electron chi connectivity index (χ0n) is 14.1. The molecule has 0 spiro atoms. The first-order valence-electron chi connectivity index (χ1n) is 7.75. The highest BCUT2D eigenvalue weighted by molar-refractivity contribution is 14.0. The predicted octanol–water partition coefficient (Wildman–Crippen LogP) is 2.68. The second-order valence-corrected chi connectivity index (χ2v) is 7.63. The van der Waals surface area contributed by atoms with Crippen LogP contribution < -0.4 is 10.6 Å². The summed E-state index contributed by atoms with van der Waals surface area (Å²) in [4.78, 5) is 4.83. The van der Waals surface area contributed by atoms with Crippen molar-refractivity contribution in [1.82, 2.24) is 10.6 Å². The van der Waals surface area contributed by atoms with Gasteiger partial charge in [0.25, 0.3) is 0 Å².